The third-order valence-electron chi connectivity index (χ3n) is 3.01. The molecule has 0 bridgehead atoms. The predicted molar refractivity (Wildman–Crippen MR) is 59.0 cm³/mol. The van der Waals surface area contributed by atoms with Gasteiger partial charge < -0.3 is 0 Å². The molecule has 1 aliphatic carbocycles. The fourth-order valence-electron chi connectivity index (χ4n) is 1.71. The summed E-state index contributed by atoms with van der Waals surface area (Å²) < 4.78 is 25.7. The predicted octanol–water partition coefficient (Wildman–Crippen LogP) is 1.86. The van der Waals surface area contributed by atoms with Crippen LogP contribution in [0.5, 0.6) is 0 Å². The van der Waals surface area contributed by atoms with Crippen molar-refractivity contribution in [3.05, 3.63) is 30.3 Å². The SMILES string of the molecule is CN(C1CCC1)S(=O)(=O)c1ccccc1. The summed E-state index contributed by atoms with van der Waals surface area (Å²) >= 11 is 0. The van der Waals surface area contributed by atoms with E-state index in [1.165, 1.54) is 4.31 Å². The smallest absolute Gasteiger partial charge is 0.207 e. The molecule has 0 amide bonds. The molecule has 0 N–H and O–H groups in total. The number of hydrogen-bond donors (Lipinski definition) is 0. The van der Waals surface area contributed by atoms with Crippen molar-refractivity contribution in [3.8, 4) is 0 Å². The molecule has 1 saturated carbocycles. The van der Waals surface area contributed by atoms with E-state index in [9.17, 15) is 8.42 Å². The van der Waals surface area contributed by atoms with Crippen LogP contribution in [-0.2, 0) is 10.0 Å². The van der Waals surface area contributed by atoms with Gasteiger partial charge in [-0.15, -0.1) is 0 Å². The van der Waals surface area contributed by atoms with Gasteiger partial charge in [0.05, 0.1) is 4.90 Å². The molecule has 1 aromatic carbocycles. The molecule has 1 fully saturated rings. The minimum absolute atomic E-state index is 0.204. The quantitative estimate of drug-likeness (QED) is 0.787. The molecule has 1 aliphatic rings. The average Bonchev–Trinajstić information content (AvgIpc) is 2.16. The normalized spacial score (nSPS) is 17.7. The minimum atomic E-state index is -3.27. The lowest BCUT2D eigenvalue weighted by atomic mass is 9.94. The first-order valence-corrected chi connectivity index (χ1v) is 6.59. The Kier molecular flexibility index (Phi) is 2.80. The third kappa shape index (κ3) is 1.92. The van der Waals surface area contributed by atoms with E-state index >= 15 is 0 Å². The van der Waals surface area contributed by atoms with Crippen molar-refractivity contribution in [1.29, 1.82) is 0 Å². The first-order valence-electron chi connectivity index (χ1n) is 5.15. The van der Waals surface area contributed by atoms with Crippen molar-refractivity contribution in [3.63, 3.8) is 0 Å². The molecule has 0 saturated heterocycles. The molecule has 2 rings (SSSR count). The topological polar surface area (TPSA) is 37.4 Å². The molecule has 0 atom stereocenters. The molecule has 3 nitrogen and oxygen atoms in total. The highest BCUT2D eigenvalue weighted by Gasteiger charge is 2.31. The van der Waals surface area contributed by atoms with E-state index in [1.807, 2.05) is 6.07 Å². The molecular weight excluding hydrogens is 210 g/mol. The summed E-state index contributed by atoms with van der Waals surface area (Å²) in [5, 5.41) is 0. The van der Waals surface area contributed by atoms with E-state index in [2.05, 4.69) is 0 Å². The Morgan fingerprint density at radius 2 is 1.80 bits per heavy atom. The lowest BCUT2D eigenvalue weighted by Crippen LogP contribution is -2.41. The monoisotopic (exact) mass is 225 g/mol. The van der Waals surface area contributed by atoms with Crippen LogP contribution < -0.4 is 0 Å². The molecule has 0 unspecified atom stereocenters. The Bertz CT molecular complexity index is 423. The van der Waals surface area contributed by atoms with Crippen LogP contribution in [0.4, 0.5) is 0 Å². The summed E-state index contributed by atoms with van der Waals surface area (Å²) in [7, 11) is -1.59. The van der Waals surface area contributed by atoms with Crippen molar-refractivity contribution in [2.75, 3.05) is 7.05 Å². The maximum atomic E-state index is 12.1. The second-order valence-electron chi connectivity index (χ2n) is 3.92. The minimum Gasteiger partial charge on any atom is -0.207 e. The van der Waals surface area contributed by atoms with Gasteiger partial charge in [0.15, 0.2) is 0 Å². The molecule has 1 aromatic rings. The largest absolute Gasteiger partial charge is 0.243 e. The van der Waals surface area contributed by atoms with Gasteiger partial charge in [-0.3, -0.25) is 0 Å². The van der Waals surface area contributed by atoms with Gasteiger partial charge in [0, 0.05) is 13.1 Å². The first kappa shape index (κ1) is 10.6. The standard InChI is InChI=1S/C11H15NO2S/c1-12(10-6-5-7-10)15(13,14)11-8-3-2-4-9-11/h2-4,8-10H,5-7H2,1H3. The fraction of sp³-hybridized carbons (Fsp3) is 0.455. The van der Waals surface area contributed by atoms with Crippen LogP contribution >= 0.6 is 0 Å². The lowest BCUT2D eigenvalue weighted by molar-refractivity contribution is 0.249. The molecule has 0 heterocycles. The summed E-state index contributed by atoms with van der Waals surface area (Å²) in [5.41, 5.74) is 0. The van der Waals surface area contributed by atoms with E-state index in [0.717, 1.165) is 19.3 Å². The van der Waals surface area contributed by atoms with Crippen LogP contribution in [-0.4, -0.2) is 25.8 Å². The molecule has 0 aliphatic heterocycles. The van der Waals surface area contributed by atoms with E-state index in [1.54, 1.807) is 31.3 Å². The highest BCUT2D eigenvalue weighted by Crippen LogP contribution is 2.28. The highest BCUT2D eigenvalue weighted by atomic mass is 32.2. The fourth-order valence-corrected chi connectivity index (χ4v) is 3.14. The number of rotatable bonds is 3. The number of hydrogen-bond acceptors (Lipinski definition) is 2. The Labute approximate surface area is 90.8 Å². The Morgan fingerprint density at radius 1 is 1.20 bits per heavy atom. The summed E-state index contributed by atoms with van der Waals surface area (Å²) in [5.74, 6) is 0. The van der Waals surface area contributed by atoms with Crippen molar-refractivity contribution >= 4 is 10.0 Å². The van der Waals surface area contributed by atoms with Crippen LogP contribution in [0, 0.1) is 0 Å². The zero-order chi connectivity index (χ0) is 10.9. The van der Waals surface area contributed by atoms with E-state index in [-0.39, 0.29) is 6.04 Å². The van der Waals surface area contributed by atoms with E-state index in [4.69, 9.17) is 0 Å². The average molecular weight is 225 g/mol. The van der Waals surface area contributed by atoms with Gasteiger partial charge in [-0.2, -0.15) is 4.31 Å². The number of nitrogens with zero attached hydrogens (tertiary/aromatic N) is 1. The second kappa shape index (κ2) is 3.94. The third-order valence-corrected chi connectivity index (χ3v) is 4.93. The van der Waals surface area contributed by atoms with Crippen molar-refractivity contribution in [1.82, 2.24) is 4.31 Å². The van der Waals surface area contributed by atoms with Gasteiger partial charge in [0.25, 0.3) is 0 Å². The zero-order valence-corrected chi connectivity index (χ0v) is 9.57. The maximum Gasteiger partial charge on any atom is 0.243 e. The molecule has 0 aromatic heterocycles. The zero-order valence-electron chi connectivity index (χ0n) is 8.76. The molecule has 82 valence electrons. The van der Waals surface area contributed by atoms with E-state index < -0.39 is 10.0 Å². The second-order valence-corrected chi connectivity index (χ2v) is 5.92. The molecule has 15 heavy (non-hydrogen) atoms. The lowest BCUT2D eigenvalue weighted by Gasteiger charge is -2.33. The molecule has 0 spiro atoms. The van der Waals surface area contributed by atoms with Crippen LogP contribution in [0.2, 0.25) is 0 Å². The summed E-state index contributed by atoms with van der Waals surface area (Å²) in [6, 6.07) is 8.82. The van der Waals surface area contributed by atoms with Crippen LogP contribution in [0.3, 0.4) is 0 Å². The summed E-state index contributed by atoms with van der Waals surface area (Å²) in [6.07, 6.45) is 3.12. The summed E-state index contributed by atoms with van der Waals surface area (Å²) in [4.78, 5) is 0.388. The Hall–Kier alpha value is -0.870. The van der Waals surface area contributed by atoms with E-state index in [0.29, 0.717) is 4.90 Å². The number of sulfonamides is 1. The van der Waals surface area contributed by atoms with Crippen LogP contribution in [0.25, 0.3) is 0 Å². The Morgan fingerprint density at radius 3 is 2.27 bits per heavy atom. The Balaban J connectivity index is 2.26. The van der Waals surface area contributed by atoms with Gasteiger partial charge in [0.1, 0.15) is 0 Å². The molecule has 0 radical (unpaired) electrons. The van der Waals surface area contributed by atoms with Crippen molar-refractivity contribution < 1.29 is 8.42 Å². The molecule has 4 heteroatoms. The highest BCUT2D eigenvalue weighted by molar-refractivity contribution is 7.89. The van der Waals surface area contributed by atoms with Crippen LogP contribution in [0.1, 0.15) is 19.3 Å². The van der Waals surface area contributed by atoms with Crippen LogP contribution in [0.15, 0.2) is 35.2 Å². The molecular formula is C11H15NO2S. The van der Waals surface area contributed by atoms with Gasteiger partial charge >= 0.3 is 0 Å². The van der Waals surface area contributed by atoms with Gasteiger partial charge in [0.2, 0.25) is 10.0 Å². The van der Waals surface area contributed by atoms with Gasteiger partial charge in [-0.05, 0) is 25.0 Å². The summed E-state index contributed by atoms with van der Waals surface area (Å²) in [6.45, 7) is 0. The van der Waals surface area contributed by atoms with Crippen molar-refractivity contribution in [2.24, 2.45) is 0 Å². The van der Waals surface area contributed by atoms with Gasteiger partial charge in [-0.25, -0.2) is 8.42 Å². The maximum absolute atomic E-state index is 12.1. The first-order chi connectivity index (χ1) is 7.12. The van der Waals surface area contributed by atoms with Gasteiger partial charge in [-0.1, -0.05) is 24.6 Å². The number of benzene rings is 1. The van der Waals surface area contributed by atoms with Crippen molar-refractivity contribution in [2.45, 2.75) is 30.2 Å².